The van der Waals surface area contributed by atoms with Gasteiger partial charge in [0.15, 0.2) is 0 Å². The highest BCUT2D eigenvalue weighted by Gasteiger charge is 2.21. The van der Waals surface area contributed by atoms with Crippen molar-refractivity contribution in [1.29, 1.82) is 0 Å². The van der Waals surface area contributed by atoms with Crippen LogP contribution in [-0.2, 0) is 0 Å². The van der Waals surface area contributed by atoms with Crippen molar-refractivity contribution in [2.75, 3.05) is 4.90 Å². The molecule has 1 heterocycles. The summed E-state index contributed by atoms with van der Waals surface area (Å²) >= 11 is 0. The van der Waals surface area contributed by atoms with Gasteiger partial charge < -0.3 is 9.32 Å². The lowest BCUT2D eigenvalue weighted by atomic mass is 9.96. The molecule has 224 valence electrons. The molecule has 10 rings (SSSR count). The summed E-state index contributed by atoms with van der Waals surface area (Å²) in [5.74, 6) is 0. The summed E-state index contributed by atoms with van der Waals surface area (Å²) in [4.78, 5) is 2.39. The van der Waals surface area contributed by atoms with Gasteiger partial charge in [0, 0.05) is 16.8 Å². The van der Waals surface area contributed by atoms with E-state index in [2.05, 4.69) is 181 Å². The van der Waals surface area contributed by atoms with Gasteiger partial charge in [-0.2, -0.15) is 0 Å². The predicted molar refractivity (Wildman–Crippen MR) is 204 cm³/mol. The van der Waals surface area contributed by atoms with Crippen molar-refractivity contribution < 1.29 is 4.42 Å². The Labute approximate surface area is 277 Å². The molecule has 0 fully saturated rings. The lowest BCUT2D eigenvalue weighted by Gasteiger charge is -2.27. The molecular formula is C46H29NO. The van der Waals surface area contributed by atoms with Gasteiger partial charge in [-0.3, -0.25) is 0 Å². The van der Waals surface area contributed by atoms with Crippen LogP contribution in [0.25, 0.3) is 76.2 Å². The average molecular weight is 612 g/mol. The van der Waals surface area contributed by atoms with Crippen LogP contribution in [-0.4, -0.2) is 0 Å². The summed E-state index contributed by atoms with van der Waals surface area (Å²) < 4.78 is 6.53. The van der Waals surface area contributed by atoms with Crippen LogP contribution in [0.5, 0.6) is 0 Å². The molecular weight excluding hydrogens is 583 g/mol. The molecule has 48 heavy (non-hydrogen) atoms. The van der Waals surface area contributed by atoms with Crippen molar-refractivity contribution in [2.24, 2.45) is 0 Å². The first-order chi connectivity index (χ1) is 23.8. The van der Waals surface area contributed by atoms with E-state index in [-0.39, 0.29) is 0 Å². The Kier molecular flexibility index (Phi) is 5.91. The molecule has 2 nitrogen and oxygen atoms in total. The fourth-order valence-electron chi connectivity index (χ4n) is 7.58. The van der Waals surface area contributed by atoms with E-state index in [1.54, 1.807) is 0 Å². The summed E-state index contributed by atoms with van der Waals surface area (Å²) in [5.41, 5.74) is 7.43. The van der Waals surface area contributed by atoms with E-state index in [9.17, 15) is 0 Å². The second-order valence-corrected chi connectivity index (χ2v) is 12.5. The van der Waals surface area contributed by atoms with Crippen molar-refractivity contribution in [3.63, 3.8) is 0 Å². The van der Waals surface area contributed by atoms with E-state index < -0.39 is 0 Å². The maximum absolute atomic E-state index is 6.53. The van der Waals surface area contributed by atoms with Gasteiger partial charge >= 0.3 is 0 Å². The van der Waals surface area contributed by atoms with Gasteiger partial charge in [0.2, 0.25) is 0 Å². The zero-order chi connectivity index (χ0) is 31.6. The summed E-state index contributed by atoms with van der Waals surface area (Å²) in [7, 11) is 0. The number of anilines is 3. The van der Waals surface area contributed by atoms with Gasteiger partial charge in [-0.1, -0.05) is 133 Å². The molecule has 0 atom stereocenters. The highest BCUT2D eigenvalue weighted by atomic mass is 16.3. The molecule has 10 aromatic rings. The van der Waals surface area contributed by atoms with E-state index in [4.69, 9.17) is 4.42 Å². The fraction of sp³-hybridized carbons (Fsp3) is 0. The molecule has 0 saturated carbocycles. The second-order valence-electron chi connectivity index (χ2n) is 12.5. The van der Waals surface area contributed by atoms with Crippen molar-refractivity contribution in [3.8, 4) is 11.1 Å². The molecule has 1 aromatic heterocycles. The Hall–Kier alpha value is -6.38. The van der Waals surface area contributed by atoms with Gasteiger partial charge in [-0.25, -0.2) is 0 Å². The molecule has 0 aliphatic carbocycles. The topological polar surface area (TPSA) is 16.4 Å². The molecule has 0 aliphatic rings. The molecule has 0 saturated heterocycles. The van der Waals surface area contributed by atoms with E-state index >= 15 is 0 Å². The summed E-state index contributed by atoms with van der Waals surface area (Å²) in [6.45, 7) is 0. The highest BCUT2D eigenvalue weighted by molar-refractivity contribution is 6.24. The number of hydrogen-bond donors (Lipinski definition) is 0. The predicted octanol–water partition coefficient (Wildman–Crippen LogP) is 13.3. The van der Waals surface area contributed by atoms with Gasteiger partial charge in [0.05, 0.1) is 11.1 Å². The first-order valence-corrected chi connectivity index (χ1v) is 16.4. The molecule has 0 radical (unpaired) electrons. The first kappa shape index (κ1) is 26.8. The van der Waals surface area contributed by atoms with Crippen LogP contribution in [0.3, 0.4) is 0 Å². The van der Waals surface area contributed by atoms with Crippen molar-refractivity contribution in [2.45, 2.75) is 0 Å². The van der Waals surface area contributed by atoms with Crippen molar-refractivity contribution in [1.82, 2.24) is 0 Å². The average Bonchev–Trinajstić information content (AvgIpc) is 3.55. The van der Waals surface area contributed by atoms with Gasteiger partial charge in [0.25, 0.3) is 0 Å². The summed E-state index contributed by atoms with van der Waals surface area (Å²) in [6, 6.07) is 63.3. The van der Waals surface area contributed by atoms with E-state index in [0.29, 0.717) is 0 Å². The van der Waals surface area contributed by atoms with E-state index in [0.717, 1.165) is 39.0 Å². The van der Waals surface area contributed by atoms with Gasteiger partial charge in [-0.15, -0.1) is 0 Å². The largest absolute Gasteiger partial charge is 0.456 e. The molecule has 0 unspecified atom stereocenters. The minimum absolute atomic E-state index is 0.878. The monoisotopic (exact) mass is 611 g/mol. The minimum Gasteiger partial charge on any atom is -0.456 e. The van der Waals surface area contributed by atoms with Crippen LogP contribution in [0.15, 0.2) is 180 Å². The van der Waals surface area contributed by atoms with Crippen LogP contribution >= 0.6 is 0 Å². The second kappa shape index (κ2) is 10.6. The molecule has 2 heteroatoms. The number of furan rings is 1. The number of benzene rings is 9. The Morgan fingerprint density at radius 3 is 1.71 bits per heavy atom. The molecule has 0 bridgehead atoms. The lowest BCUT2D eigenvalue weighted by Crippen LogP contribution is -2.10. The molecule has 0 aliphatic heterocycles. The lowest BCUT2D eigenvalue weighted by molar-refractivity contribution is 0.669. The van der Waals surface area contributed by atoms with Crippen LogP contribution < -0.4 is 4.90 Å². The zero-order valence-electron chi connectivity index (χ0n) is 26.1. The maximum Gasteiger partial charge on any atom is 0.137 e. The maximum atomic E-state index is 6.53. The Morgan fingerprint density at radius 1 is 0.333 bits per heavy atom. The number of hydrogen-bond acceptors (Lipinski definition) is 2. The summed E-state index contributed by atoms with van der Waals surface area (Å²) in [5, 5.41) is 12.2. The number of nitrogens with zero attached hydrogens (tertiary/aromatic N) is 1. The number of rotatable bonds is 4. The Bertz CT molecular complexity index is 2830. The third-order valence-corrected chi connectivity index (χ3v) is 9.80. The summed E-state index contributed by atoms with van der Waals surface area (Å²) in [6.07, 6.45) is 0. The third kappa shape index (κ3) is 4.13. The fourth-order valence-corrected chi connectivity index (χ4v) is 7.58. The van der Waals surface area contributed by atoms with Crippen molar-refractivity contribution in [3.05, 3.63) is 176 Å². The quantitative estimate of drug-likeness (QED) is 0.184. The molecule has 0 amide bonds. The minimum atomic E-state index is 0.878. The van der Waals surface area contributed by atoms with Crippen LogP contribution in [0.1, 0.15) is 0 Å². The van der Waals surface area contributed by atoms with Crippen LogP contribution in [0.2, 0.25) is 0 Å². The smallest absolute Gasteiger partial charge is 0.137 e. The third-order valence-electron chi connectivity index (χ3n) is 9.80. The van der Waals surface area contributed by atoms with Gasteiger partial charge in [0.1, 0.15) is 11.2 Å². The Morgan fingerprint density at radius 2 is 0.917 bits per heavy atom. The Balaban J connectivity index is 1.25. The molecule has 0 spiro atoms. The SMILES string of the molecule is c1ccc(-c2ccc(N(c3ccc4c(ccc5ccc6ccccc6c54)c3)c3cccc4oc5ccc6ccccc6c5c34)cc2)cc1. The van der Waals surface area contributed by atoms with Gasteiger partial charge in [-0.05, 0) is 96.7 Å². The van der Waals surface area contributed by atoms with Crippen LogP contribution in [0, 0.1) is 0 Å². The standard InChI is InChI=1S/C46H29NO/c1-2-9-30(10-3-1)31-21-24-36(25-22-31)47(41-15-8-16-42-46(41)45-39-14-7-5-12-33(39)23-28-43(45)48-42)37-26-27-40-35(29-37)20-19-34-18-17-32-11-4-6-13-38(32)44(34)40/h1-29H. The highest BCUT2D eigenvalue weighted by Crippen LogP contribution is 2.46. The van der Waals surface area contributed by atoms with E-state index in [1.807, 2.05) is 0 Å². The van der Waals surface area contributed by atoms with Crippen LogP contribution in [0.4, 0.5) is 17.1 Å². The zero-order valence-corrected chi connectivity index (χ0v) is 26.1. The first-order valence-electron chi connectivity index (χ1n) is 16.4. The normalized spacial score (nSPS) is 11.8. The molecule has 9 aromatic carbocycles. The van der Waals surface area contributed by atoms with E-state index in [1.165, 1.54) is 54.2 Å². The molecule has 0 N–H and O–H groups in total. The number of fused-ring (bicyclic) bond motifs is 10. The van der Waals surface area contributed by atoms with Crippen molar-refractivity contribution >= 4 is 82.1 Å².